The number of carboxylic acid groups (broad SMARTS) is 1. The number of fused-ring (bicyclic) bond motifs is 1. The van der Waals surface area contributed by atoms with Crippen molar-refractivity contribution in [2.75, 3.05) is 12.4 Å². The average Bonchev–Trinajstić information content (AvgIpc) is 2.94. The summed E-state index contributed by atoms with van der Waals surface area (Å²) in [5.74, 6) is -0.843. The molecule has 0 aliphatic heterocycles. The largest absolute Gasteiger partial charge is 0.494 e. The van der Waals surface area contributed by atoms with Crippen molar-refractivity contribution in [3.05, 3.63) is 48.2 Å². The van der Waals surface area contributed by atoms with Crippen LogP contribution in [-0.4, -0.2) is 33.9 Å². The molecule has 0 aliphatic rings. The van der Waals surface area contributed by atoms with Gasteiger partial charge in [-0.15, -0.1) is 0 Å². The summed E-state index contributed by atoms with van der Waals surface area (Å²) in [6, 6.07) is 12.2. The molecule has 24 heavy (non-hydrogen) atoms. The predicted molar refractivity (Wildman–Crippen MR) is 88.9 cm³/mol. The summed E-state index contributed by atoms with van der Waals surface area (Å²) >= 11 is 0. The minimum atomic E-state index is -1.09. The van der Waals surface area contributed by atoms with Gasteiger partial charge >= 0.3 is 5.97 Å². The molecule has 0 atom stereocenters. The number of hydrogen-bond donors (Lipinski definition) is 2. The van der Waals surface area contributed by atoms with Crippen molar-refractivity contribution in [1.29, 1.82) is 0 Å². The zero-order chi connectivity index (χ0) is 17.3. The average molecular weight is 325 g/mol. The van der Waals surface area contributed by atoms with E-state index in [2.05, 4.69) is 10.4 Å². The first-order valence-electron chi connectivity index (χ1n) is 7.18. The van der Waals surface area contributed by atoms with Crippen LogP contribution < -0.4 is 10.1 Å². The highest BCUT2D eigenvalue weighted by molar-refractivity contribution is 6.01. The van der Waals surface area contributed by atoms with Crippen LogP contribution in [0.5, 0.6) is 5.75 Å². The van der Waals surface area contributed by atoms with Gasteiger partial charge in [-0.25, -0.2) is 9.48 Å². The Morgan fingerprint density at radius 3 is 2.62 bits per heavy atom. The lowest BCUT2D eigenvalue weighted by molar-refractivity contribution is -0.114. The Labute approximate surface area is 137 Å². The van der Waals surface area contributed by atoms with E-state index in [1.165, 1.54) is 14.0 Å². The molecule has 0 fully saturated rings. The van der Waals surface area contributed by atoms with Crippen LogP contribution in [-0.2, 0) is 4.79 Å². The highest BCUT2D eigenvalue weighted by atomic mass is 16.5. The number of carboxylic acids is 1. The maximum absolute atomic E-state index is 11.4. The van der Waals surface area contributed by atoms with Gasteiger partial charge in [-0.05, 0) is 18.2 Å². The van der Waals surface area contributed by atoms with E-state index < -0.39 is 5.97 Å². The Morgan fingerprint density at radius 1 is 1.21 bits per heavy atom. The number of rotatable bonds is 4. The smallest absolute Gasteiger partial charge is 0.357 e. The monoisotopic (exact) mass is 325 g/mol. The zero-order valence-corrected chi connectivity index (χ0v) is 13.1. The van der Waals surface area contributed by atoms with E-state index in [9.17, 15) is 14.7 Å². The van der Waals surface area contributed by atoms with Gasteiger partial charge in [0, 0.05) is 18.4 Å². The van der Waals surface area contributed by atoms with Gasteiger partial charge in [0.25, 0.3) is 0 Å². The predicted octanol–water partition coefficient (Wildman–Crippen LogP) is 2.69. The number of carbonyl (C=O) groups excluding carboxylic acids is 1. The number of para-hydroxylation sites is 1. The number of methoxy groups -OCH3 is 1. The number of nitrogens with zero attached hydrogens (tertiary/aromatic N) is 2. The fraction of sp³-hybridized carbons (Fsp3) is 0.118. The van der Waals surface area contributed by atoms with Crippen LogP contribution in [0.15, 0.2) is 42.5 Å². The van der Waals surface area contributed by atoms with Crippen molar-refractivity contribution in [3.8, 4) is 11.4 Å². The summed E-state index contributed by atoms with van der Waals surface area (Å²) < 4.78 is 6.84. The number of aromatic carboxylic acids is 1. The van der Waals surface area contributed by atoms with Gasteiger partial charge in [0.1, 0.15) is 5.75 Å². The summed E-state index contributed by atoms with van der Waals surface area (Å²) in [6.07, 6.45) is 0. The molecular formula is C17H15N3O4. The lowest BCUT2D eigenvalue weighted by Gasteiger charge is -2.11. The molecule has 3 rings (SSSR count). The van der Waals surface area contributed by atoms with Crippen LogP contribution in [0.2, 0.25) is 0 Å². The minimum absolute atomic E-state index is 0.0181. The van der Waals surface area contributed by atoms with E-state index in [0.717, 1.165) is 0 Å². The van der Waals surface area contributed by atoms with Crippen molar-refractivity contribution in [3.63, 3.8) is 0 Å². The van der Waals surface area contributed by atoms with Crippen LogP contribution in [0.4, 0.5) is 5.69 Å². The number of benzene rings is 2. The van der Waals surface area contributed by atoms with Crippen molar-refractivity contribution in [1.82, 2.24) is 9.78 Å². The number of aromatic nitrogens is 2. The second-order valence-corrected chi connectivity index (χ2v) is 5.15. The Bertz CT molecular complexity index is 946. The number of amides is 1. The fourth-order valence-corrected chi connectivity index (χ4v) is 2.53. The van der Waals surface area contributed by atoms with Gasteiger partial charge in [-0.1, -0.05) is 18.2 Å². The van der Waals surface area contributed by atoms with Gasteiger partial charge in [0.15, 0.2) is 5.69 Å². The Kier molecular flexibility index (Phi) is 3.91. The van der Waals surface area contributed by atoms with Crippen LogP contribution in [0.3, 0.4) is 0 Å². The first-order valence-corrected chi connectivity index (χ1v) is 7.18. The second kappa shape index (κ2) is 6.04. The molecule has 7 heteroatoms. The third-order valence-corrected chi connectivity index (χ3v) is 3.53. The maximum atomic E-state index is 11.4. The molecule has 0 unspecified atom stereocenters. The Balaban J connectivity index is 2.17. The third-order valence-electron chi connectivity index (χ3n) is 3.53. The van der Waals surface area contributed by atoms with Crippen molar-refractivity contribution in [2.45, 2.75) is 6.92 Å². The minimum Gasteiger partial charge on any atom is -0.494 e. The third kappa shape index (κ3) is 2.67. The van der Waals surface area contributed by atoms with E-state index in [-0.39, 0.29) is 11.6 Å². The highest BCUT2D eigenvalue weighted by Gasteiger charge is 2.17. The molecule has 2 aromatic carbocycles. The van der Waals surface area contributed by atoms with Crippen molar-refractivity contribution >= 4 is 28.5 Å². The fourth-order valence-electron chi connectivity index (χ4n) is 2.53. The lowest BCUT2D eigenvalue weighted by atomic mass is 10.2. The van der Waals surface area contributed by atoms with Gasteiger partial charge in [-0.3, -0.25) is 4.79 Å². The van der Waals surface area contributed by atoms with E-state index in [1.807, 2.05) is 6.07 Å². The molecule has 1 heterocycles. The number of anilines is 1. The number of hydrogen-bond acceptors (Lipinski definition) is 4. The van der Waals surface area contributed by atoms with Crippen LogP contribution >= 0.6 is 0 Å². The molecule has 3 aromatic rings. The second-order valence-electron chi connectivity index (χ2n) is 5.15. The van der Waals surface area contributed by atoms with Crippen LogP contribution in [0.1, 0.15) is 17.4 Å². The number of nitrogens with one attached hydrogen (secondary N) is 1. The van der Waals surface area contributed by atoms with E-state index in [1.54, 1.807) is 41.1 Å². The highest BCUT2D eigenvalue weighted by Crippen LogP contribution is 2.29. The first kappa shape index (κ1) is 15.5. The normalized spacial score (nSPS) is 10.6. The molecular weight excluding hydrogens is 310 g/mol. The van der Waals surface area contributed by atoms with Crippen LogP contribution in [0.25, 0.3) is 16.6 Å². The molecule has 122 valence electrons. The lowest BCUT2D eigenvalue weighted by Crippen LogP contribution is -2.08. The molecule has 1 amide bonds. The molecule has 2 N–H and O–H groups in total. The van der Waals surface area contributed by atoms with Crippen molar-refractivity contribution < 1.29 is 19.4 Å². The molecule has 0 radical (unpaired) electrons. The molecule has 0 spiro atoms. The number of ether oxygens (including phenoxy) is 1. The maximum Gasteiger partial charge on any atom is 0.357 e. The van der Waals surface area contributed by atoms with Gasteiger partial charge in [0.05, 0.1) is 24.0 Å². The van der Waals surface area contributed by atoms with Gasteiger partial charge in [0.2, 0.25) is 5.91 Å². The summed E-state index contributed by atoms with van der Waals surface area (Å²) in [5, 5.41) is 16.8. The summed E-state index contributed by atoms with van der Waals surface area (Å²) in [6.45, 7) is 1.41. The van der Waals surface area contributed by atoms with E-state index in [0.29, 0.717) is 28.0 Å². The molecule has 7 nitrogen and oxygen atoms in total. The topological polar surface area (TPSA) is 93.5 Å². The molecule has 0 aliphatic carbocycles. The molecule has 0 bridgehead atoms. The van der Waals surface area contributed by atoms with Gasteiger partial charge < -0.3 is 15.2 Å². The Morgan fingerprint density at radius 2 is 1.96 bits per heavy atom. The summed E-state index contributed by atoms with van der Waals surface area (Å²) in [5.41, 5.74) is 1.81. The van der Waals surface area contributed by atoms with E-state index in [4.69, 9.17) is 4.74 Å². The molecule has 1 aromatic heterocycles. The standard InChI is InChI=1S/C17H15N3O4/c1-10(21)18-13-8-7-11(9-15(13)24-2)20-14-6-4-3-5-12(14)16(19-20)17(22)23/h3-9H,1-2H3,(H,18,21)(H,22,23). The first-order chi connectivity index (χ1) is 11.5. The van der Waals surface area contributed by atoms with Gasteiger partial charge in [-0.2, -0.15) is 5.10 Å². The SMILES string of the molecule is COc1cc(-n2nc(C(=O)O)c3ccccc32)ccc1NC(C)=O. The van der Waals surface area contributed by atoms with Crippen molar-refractivity contribution in [2.24, 2.45) is 0 Å². The zero-order valence-electron chi connectivity index (χ0n) is 13.1. The van der Waals surface area contributed by atoms with E-state index >= 15 is 0 Å². The van der Waals surface area contributed by atoms with Crippen LogP contribution in [0, 0.1) is 0 Å². The number of carbonyl (C=O) groups is 2. The molecule has 0 saturated heterocycles. The summed E-state index contributed by atoms with van der Waals surface area (Å²) in [7, 11) is 1.49. The Hall–Kier alpha value is -3.35. The quantitative estimate of drug-likeness (QED) is 0.769. The molecule has 0 saturated carbocycles. The summed E-state index contributed by atoms with van der Waals surface area (Å²) in [4.78, 5) is 22.6.